The van der Waals surface area contributed by atoms with Gasteiger partial charge in [-0.3, -0.25) is 4.79 Å². The number of nitrogens with one attached hydrogen (secondary N) is 1. The van der Waals surface area contributed by atoms with Crippen molar-refractivity contribution in [2.75, 3.05) is 46.3 Å². The van der Waals surface area contributed by atoms with Crippen molar-refractivity contribution < 1.29 is 4.79 Å². The van der Waals surface area contributed by atoms with Gasteiger partial charge in [0, 0.05) is 25.6 Å². The van der Waals surface area contributed by atoms with E-state index in [1.807, 2.05) is 0 Å². The second-order valence-corrected chi connectivity index (χ2v) is 7.16. The average molecular weight is 279 g/mol. The van der Waals surface area contributed by atoms with Crippen LogP contribution >= 0.6 is 0 Å². The first-order chi connectivity index (χ1) is 9.64. The van der Waals surface area contributed by atoms with Crippen LogP contribution in [0.4, 0.5) is 0 Å². The van der Waals surface area contributed by atoms with Crippen molar-refractivity contribution in [3.63, 3.8) is 0 Å². The summed E-state index contributed by atoms with van der Waals surface area (Å²) >= 11 is 0. The maximum Gasteiger partial charge on any atom is 0.226 e. The van der Waals surface area contributed by atoms with Gasteiger partial charge in [0.05, 0.1) is 0 Å². The Hall–Kier alpha value is -0.610. The largest absolute Gasteiger partial charge is 0.342 e. The zero-order valence-electron chi connectivity index (χ0n) is 13.0. The predicted molar refractivity (Wildman–Crippen MR) is 80.5 cm³/mol. The highest BCUT2D eigenvalue weighted by atomic mass is 16.2. The molecule has 0 bridgehead atoms. The summed E-state index contributed by atoms with van der Waals surface area (Å²) in [5.74, 6) is 1.51. The molecule has 1 aliphatic carbocycles. The van der Waals surface area contributed by atoms with Gasteiger partial charge in [-0.15, -0.1) is 0 Å². The van der Waals surface area contributed by atoms with Gasteiger partial charge >= 0.3 is 0 Å². The molecule has 114 valence electrons. The number of likely N-dealkylation sites (tertiary alicyclic amines) is 1. The smallest absolute Gasteiger partial charge is 0.226 e. The highest BCUT2D eigenvalue weighted by Gasteiger charge is 2.58. The minimum Gasteiger partial charge on any atom is -0.342 e. The van der Waals surface area contributed by atoms with E-state index < -0.39 is 0 Å². The first-order valence-electron chi connectivity index (χ1n) is 8.33. The monoisotopic (exact) mass is 279 g/mol. The average Bonchev–Trinajstić information content (AvgIpc) is 2.95. The molecule has 0 aromatic carbocycles. The zero-order chi connectivity index (χ0) is 14.2. The topological polar surface area (TPSA) is 35.6 Å². The van der Waals surface area contributed by atoms with E-state index in [4.69, 9.17) is 0 Å². The fourth-order valence-electron chi connectivity index (χ4n) is 4.15. The number of hydrogen-bond donors (Lipinski definition) is 1. The third-order valence-electron chi connectivity index (χ3n) is 5.79. The van der Waals surface area contributed by atoms with E-state index in [2.05, 4.69) is 29.1 Å². The van der Waals surface area contributed by atoms with Crippen LogP contribution in [0.5, 0.6) is 0 Å². The van der Waals surface area contributed by atoms with Crippen LogP contribution in [-0.2, 0) is 4.79 Å². The van der Waals surface area contributed by atoms with Gasteiger partial charge in [0.15, 0.2) is 0 Å². The van der Waals surface area contributed by atoms with E-state index in [-0.39, 0.29) is 0 Å². The molecule has 2 saturated heterocycles. The molecule has 2 unspecified atom stereocenters. The summed E-state index contributed by atoms with van der Waals surface area (Å²) in [6.45, 7) is 8.63. The summed E-state index contributed by atoms with van der Waals surface area (Å²) < 4.78 is 0. The number of piperidine rings is 1. The minimum atomic E-state index is 0.354. The molecule has 1 N–H and O–H groups in total. The summed E-state index contributed by atoms with van der Waals surface area (Å²) in [7, 11) is 2.18. The standard InChI is InChI=1S/C16H29N3O/c1-3-18(2)11-13-4-9-19(12-13)15(20)14-10-16(14)5-7-17-8-6-16/h13-14,17H,3-12H2,1-2H3. The molecule has 0 radical (unpaired) electrons. The Balaban J connectivity index is 1.50. The summed E-state index contributed by atoms with van der Waals surface area (Å²) in [5.41, 5.74) is 0.390. The van der Waals surface area contributed by atoms with Crippen molar-refractivity contribution in [3.8, 4) is 0 Å². The quantitative estimate of drug-likeness (QED) is 0.839. The Kier molecular flexibility index (Phi) is 4.04. The lowest BCUT2D eigenvalue weighted by atomic mass is 9.91. The number of amides is 1. The summed E-state index contributed by atoms with van der Waals surface area (Å²) in [6.07, 6.45) is 4.76. The molecule has 0 aromatic rings. The first kappa shape index (κ1) is 14.3. The van der Waals surface area contributed by atoms with Gasteiger partial charge in [0.1, 0.15) is 0 Å². The van der Waals surface area contributed by atoms with E-state index in [9.17, 15) is 4.79 Å². The maximum atomic E-state index is 12.7. The zero-order valence-corrected chi connectivity index (χ0v) is 13.0. The number of carbonyl (C=O) groups is 1. The van der Waals surface area contributed by atoms with Crippen molar-refractivity contribution in [1.29, 1.82) is 0 Å². The Morgan fingerprint density at radius 2 is 2.15 bits per heavy atom. The van der Waals surface area contributed by atoms with Gasteiger partial charge < -0.3 is 15.1 Å². The molecule has 1 amide bonds. The van der Waals surface area contributed by atoms with Crippen molar-refractivity contribution >= 4 is 5.91 Å². The van der Waals surface area contributed by atoms with E-state index in [1.165, 1.54) is 19.3 Å². The van der Waals surface area contributed by atoms with Crippen molar-refractivity contribution in [2.24, 2.45) is 17.3 Å². The number of carbonyl (C=O) groups excluding carboxylic acids is 1. The van der Waals surface area contributed by atoms with E-state index in [1.54, 1.807) is 0 Å². The molecule has 0 aromatic heterocycles. The van der Waals surface area contributed by atoms with Crippen molar-refractivity contribution in [3.05, 3.63) is 0 Å². The van der Waals surface area contributed by atoms with Crippen LogP contribution in [0.1, 0.15) is 32.6 Å². The second-order valence-electron chi connectivity index (χ2n) is 7.16. The van der Waals surface area contributed by atoms with Crippen LogP contribution in [0.25, 0.3) is 0 Å². The maximum absolute atomic E-state index is 12.7. The molecular weight excluding hydrogens is 250 g/mol. The molecule has 1 saturated carbocycles. The van der Waals surface area contributed by atoms with Gasteiger partial charge in [-0.2, -0.15) is 0 Å². The van der Waals surface area contributed by atoms with Gasteiger partial charge in [-0.05, 0) is 63.7 Å². The molecule has 2 atom stereocenters. The van der Waals surface area contributed by atoms with Crippen LogP contribution < -0.4 is 5.32 Å². The molecule has 20 heavy (non-hydrogen) atoms. The lowest BCUT2D eigenvalue weighted by molar-refractivity contribution is -0.132. The van der Waals surface area contributed by atoms with Crippen LogP contribution in [0.15, 0.2) is 0 Å². The molecule has 1 spiro atoms. The summed E-state index contributed by atoms with van der Waals surface area (Å²) in [5, 5.41) is 3.41. The fourth-order valence-corrected chi connectivity index (χ4v) is 4.15. The van der Waals surface area contributed by atoms with Crippen LogP contribution in [0.2, 0.25) is 0 Å². The summed E-state index contributed by atoms with van der Waals surface area (Å²) in [6, 6.07) is 0. The van der Waals surface area contributed by atoms with Gasteiger partial charge in [-0.25, -0.2) is 0 Å². The van der Waals surface area contributed by atoms with E-state index >= 15 is 0 Å². The van der Waals surface area contributed by atoms with Crippen molar-refractivity contribution in [1.82, 2.24) is 15.1 Å². The Morgan fingerprint density at radius 3 is 2.85 bits per heavy atom. The predicted octanol–water partition coefficient (Wildman–Crippen LogP) is 1.18. The SMILES string of the molecule is CCN(C)CC1CCN(C(=O)C2CC23CCNCC3)C1. The molecule has 2 heterocycles. The normalized spacial score (nSPS) is 32.0. The Bertz CT molecular complexity index is 365. The third-order valence-corrected chi connectivity index (χ3v) is 5.79. The highest BCUT2D eigenvalue weighted by molar-refractivity contribution is 5.83. The molecule has 3 fully saturated rings. The Morgan fingerprint density at radius 1 is 1.40 bits per heavy atom. The van der Waals surface area contributed by atoms with E-state index in [0.29, 0.717) is 23.2 Å². The summed E-state index contributed by atoms with van der Waals surface area (Å²) in [4.78, 5) is 17.2. The Labute approximate surface area is 122 Å². The minimum absolute atomic E-state index is 0.354. The van der Waals surface area contributed by atoms with Crippen LogP contribution in [0, 0.1) is 17.3 Å². The lowest BCUT2D eigenvalue weighted by Gasteiger charge is -2.25. The van der Waals surface area contributed by atoms with Crippen LogP contribution in [-0.4, -0.2) is 62.0 Å². The third kappa shape index (κ3) is 2.73. The van der Waals surface area contributed by atoms with Gasteiger partial charge in [-0.1, -0.05) is 6.92 Å². The highest BCUT2D eigenvalue weighted by Crippen LogP contribution is 2.59. The first-order valence-corrected chi connectivity index (χ1v) is 8.33. The van der Waals surface area contributed by atoms with E-state index in [0.717, 1.165) is 45.7 Å². The van der Waals surface area contributed by atoms with Gasteiger partial charge in [0.25, 0.3) is 0 Å². The van der Waals surface area contributed by atoms with Crippen molar-refractivity contribution in [2.45, 2.75) is 32.6 Å². The lowest BCUT2D eigenvalue weighted by Crippen LogP contribution is -2.36. The molecule has 3 rings (SSSR count). The molecule has 4 nitrogen and oxygen atoms in total. The van der Waals surface area contributed by atoms with Gasteiger partial charge in [0.2, 0.25) is 5.91 Å². The number of nitrogens with zero attached hydrogens (tertiary/aromatic N) is 2. The number of hydrogen-bond acceptors (Lipinski definition) is 3. The molecule has 2 aliphatic heterocycles. The molecule has 3 aliphatic rings. The van der Waals surface area contributed by atoms with Crippen LogP contribution in [0.3, 0.4) is 0 Å². The molecular formula is C16H29N3O. The molecule has 4 heteroatoms. The fraction of sp³-hybridized carbons (Fsp3) is 0.938. The second kappa shape index (κ2) is 5.64. The number of rotatable bonds is 4.